The minimum atomic E-state index is 0.0799. The van der Waals surface area contributed by atoms with Crippen molar-refractivity contribution < 1.29 is 4.79 Å². The van der Waals surface area contributed by atoms with Gasteiger partial charge in [-0.1, -0.05) is 6.07 Å². The van der Waals surface area contributed by atoms with Gasteiger partial charge in [0.1, 0.15) is 0 Å². The SMILES string of the molecule is O=C(CCc1cccs1)N1CCCCC1c1ccn2ccnc2n1. The summed E-state index contributed by atoms with van der Waals surface area (Å²) in [6.07, 6.45) is 10.2. The molecule has 1 amide bonds. The Bertz CT molecular complexity index is 827. The molecular formula is C18H20N4OS. The van der Waals surface area contributed by atoms with Gasteiger partial charge in [-0.2, -0.15) is 0 Å². The summed E-state index contributed by atoms with van der Waals surface area (Å²) in [7, 11) is 0. The van der Waals surface area contributed by atoms with Crippen molar-refractivity contribution in [2.24, 2.45) is 0 Å². The van der Waals surface area contributed by atoms with Crippen LogP contribution in [-0.2, 0) is 11.2 Å². The van der Waals surface area contributed by atoms with E-state index in [-0.39, 0.29) is 11.9 Å². The van der Waals surface area contributed by atoms with Gasteiger partial charge in [0, 0.05) is 36.4 Å². The van der Waals surface area contributed by atoms with Crippen LogP contribution in [-0.4, -0.2) is 31.7 Å². The number of carbonyl (C=O) groups is 1. The number of likely N-dealkylation sites (tertiary alicyclic amines) is 1. The molecule has 1 fully saturated rings. The second-order valence-corrected chi connectivity index (χ2v) is 7.20. The van der Waals surface area contributed by atoms with E-state index in [1.54, 1.807) is 17.5 Å². The molecule has 0 aromatic carbocycles. The quantitative estimate of drug-likeness (QED) is 0.731. The van der Waals surface area contributed by atoms with Gasteiger partial charge in [-0.05, 0) is 43.2 Å². The zero-order valence-corrected chi connectivity index (χ0v) is 14.3. The molecule has 1 atom stereocenters. The van der Waals surface area contributed by atoms with Gasteiger partial charge in [-0.3, -0.25) is 9.20 Å². The number of fused-ring (bicyclic) bond motifs is 1. The summed E-state index contributed by atoms with van der Waals surface area (Å²) in [5.74, 6) is 0.933. The maximum atomic E-state index is 12.8. The van der Waals surface area contributed by atoms with E-state index in [2.05, 4.69) is 21.4 Å². The monoisotopic (exact) mass is 340 g/mol. The molecular weight excluding hydrogens is 320 g/mol. The van der Waals surface area contributed by atoms with Crippen molar-refractivity contribution in [1.82, 2.24) is 19.3 Å². The van der Waals surface area contributed by atoms with Gasteiger partial charge in [0.15, 0.2) is 0 Å². The first-order chi connectivity index (χ1) is 11.8. The van der Waals surface area contributed by atoms with Gasteiger partial charge >= 0.3 is 0 Å². The number of thiophene rings is 1. The minimum Gasteiger partial charge on any atom is -0.334 e. The van der Waals surface area contributed by atoms with Gasteiger partial charge in [-0.25, -0.2) is 9.97 Å². The molecule has 1 unspecified atom stereocenters. The second kappa shape index (κ2) is 6.73. The Kier molecular flexibility index (Phi) is 4.30. The van der Waals surface area contributed by atoms with Gasteiger partial charge in [-0.15, -0.1) is 11.3 Å². The number of nitrogens with zero attached hydrogens (tertiary/aromatic N) is 4. The van der Waals surface area contributed by atoms with Crippen LogP contribution >= 0.6 is 11.3 Å². The van der Waals surface area contributed by atoms with Gasteiger partial charge in [0.25, 0.3) is 0 Å². The zero-order valence-electron chi connectivity index (χ0n) is 13.5. The number of amides is 1. The van der Waals surface area contributed by atoms with E-state index in [1.165, 1.54) is 4.88 Å². The molecule has 0 radical (unpaired) electrons. The summed E-state index contributed by atoms with van der Waals surface area (Å²) in [5.41, 5.74) is 0.956. The van der Waals surface area contributed by atoms with Gasteiger partial charge < -0.3 is 4.90 Å². The summed E-state index contributed by atoms with van der Waals surface area (Å²) in [6, 6.07) is 6.23. The molecule has 1 aliphatic heterocycles. The molecule has 4 heterocycles. The summed E-state index contributed by atoms with van der Waals surface area (Å²) < 4.78 is 1.90. The Labute approximate surface area is 145 Å². The molecule has 6 heteroatoms. The lowest BCUT2D eigenvalue weighted by Crippen LogP contribution is -2.39. The molecule has 0 spiro atoms. The van der Waals surface area contributed by atoms with Gasteiger partial charge in [0.05, 0.1) is 11.7 Å². The number of imidazole rings is 1. The van der Waals surface area contributed by atoms with E-state index < -0.39 is 0 Å². The Morgan fingerprint density at radius 1 is 1.29 bits per heavy atom. The Hall–Kier alpha value is -2.21. The fourth-order valence-corrected chi connectivity index (χ4v) is 4.08. The highest BCUT2D eigenvalue weighted by Gasteiger charge is 2.28. The lowest BCUT2D eigenvalue weighted by molar-refractivity contribution is -0.135. The maximum Gasteiger partial charge on any atom is 0.233 e. The molecule has 1 aliphatic rings. The van der Waals surface area contributed by atoms with Crippen LogP contribution in [0.15, 0.2) is 42.2 Å². The van der Waals surface area contributed by atoms with Crippen molar-refractivity contribution in [3.8, 4) is 0 Å². The molecule has 3 aromatic rings. The summed E-state index contributed by atoms with van der Waals surface area (Å²) >= 11 is 1.72. The summed E-state index contributed by atoms with van der Waals surface area (Å²) in [5, 5.41) is 2.06. The average molecular weight is 340 g/mol. The third-order valence-corrected chi connectivity index (χ3v) is 5.55. The minimum absolute atomic E-state index is 0.0799. The van der Waals surface area contributed by atoms with Crippen LogP contribution in [0, 0.1) is 0 Å². The fraction of sp³-hybridized carbons (Fsp3) is 0.389. The van der Waals surface area contributed by atoms with Crippen LogP contribution in [0.5, 0.6) is 0 Å². The average Bonchev–Trinajstić information content (AvgIpc) is 3.30. The molecule has 3 aromatic heterocycles. The Morgan fingerprint density at radius 3 is 3.12 bits per heavy atom. The number of carbonyl (C=O) groups excluding carboxylic acids is 1. The lowest BCUT2D eigenvalue weighted by atomic mass is 9.98. The molecule has 0 N–H and O–H groups in total. The number of aromatic nitrogens is 3. The standard InChI is InChI=1S/C18H20N4OS/c23-17(7-6-14-4-3-13-24-14)22-10-2-1-5-16(22)15-8-11-21-12-9-19-18(21)20-15/h3-4,8-9,11-13,16H,1-2,5-7,10H2. The fourth-order valence-electron chi connectivity index (χ4n) is 3.37. The van der Waals surface area contributed by atoms with Crippen molar-refractivity contribution in [2.75, 3.05) is 6.54 Å². The highest BCUT2D eigenvalue weighted by atomic mass is 32.1. The predicted molar refractivity (Wildman–Crippen MR) is 93.9 cm³/mol. The van der Waals surface area contributed by atoms with E-state index in [1.807, 2.05) is 33.8 Å². The Balaban J connectivity index is 1.52. The molecule has 5 nitrogen and oxygen atoms in total. The predicted octanol–water partition coefficient (Wildman–Crippen LogP) is 3.48. The molecule has 0 bridgehead atoms. The third-order valence-electron chi connectivity index (χ3n) is 4.61. The molecule has 4 rings (SSSR count). The second-order valence-electron chi connectivity index (χ2n) is 6.16. The first-order valence-electron chi connectivity index (χ1n) is 8.43. The topological polar surface area (TPSA) is 50.5 Å². The van der Waals surface area contributed by atoms with E-state index >= 15 is 0 Å². The normalized spacial score (nSPS) is 18.2. The van der Waals surface area contributed by atoms with Crippen LogP contribution in [0.3, 0.4) is 0 Å². The van der Waals surface area contributed by atoms with Crippen molar-refractivity contribution >= 4 is 23.0 Å². The lowest BCUT2D eigenvalue weighted by Gasteiger charge is -2.35. The molecule has 1 saturated heterocycles. The number of hydrogen-bond acceptors (Lipinski definition) is 4. The van der Waals surface area contributed by atoms with Gasteiger partial charge in [0.2, 0.25) is 11.7 Å². The van der Waals surface area contributed by atoms with Crippen LogP contribution in [0.25, 0.3) is 5.78 Å². The largest absolute Gasteiger partial charge is 0.334 e. The van der Waals surface area contributed by atoms with E-state index in [0.717, 1.165) is 37.9 Å². The first-order valence-corrected chi connectivity index (χ1v) is 9.31. The molecule has 0 saturated carbocycles. The maximum absolute atomic E-state index is 12.8. The number of aryl methyl sites for hydroxylation is 1. The molecule has 24 heavy (non-hydrogen) atoms. The summed E-state index contributed by atoms with van der Waals surface area (Å²) in [6.45, 7) is 0.829. The number of rotatable bonds is 4. The van der Waals surface area contributed by atoms with Crippen LogP contribution < -0.4 is 0 Å². The number of piperidine rings is 1. The molecule has 0 aliphatic carbocycles. The summed E-state index contributed by atoms with van der Waals surface area (Å²) in [4.78, 5) is 25.0. The smallest absolute Gasteiger partial charge is 0.233 e. The third kappa shape index (κ3) is 3.06. The van der Waals surface area contributed by atoms with E-state index in [0.29, 0.717) is 12.2 Å². The molecule has 124 valence electrons. The zero-order chi connectivity index (χ0) is 16.4. The van der Waals surface area contributed by atoms with E-state index in [9.17, 15) is 4.79 Å². The van der Waals surface area contributed by atoms with Crippen molar-refractivity contribution in [2.45, 2.75) is 38.1 Å². The Morgan fingerprint density at radius 2 is 2.25 bits per heavy atom. The van der Waals surface area contributed by atoms with E-state index in [4.69, 9.17) is 0 Å². The van der Waals surface area contributed by atoms with Crippen LogP contribution in [0.1, 0.15) is 42.3 Å². The first kappa shape index (κ1) is 15.3. The van der Waals surface area contributed by atoms with Crippen molar-refractivity contribution in [1.29, 1.82) is 0 Å². The number of hydrogen-bond donors (Lipinski definition) is 0. The highest BCUT2D eigenvalue weighted by Crippen LogP contribution is 2.30. The van der Waals surface area contributed by atoms with Crippen LogP contribution in [0.2, 0.25) is 0 Å². The van der Waals surface area contributed by atoms with Crippen molar-refractivity contribution in [3.63, 3.8) is 0 Å². The van der Waals surface area contributed by atoms with Crippen molar-refractivity contribution in [3.05, 3.63) is 52.7 Å². The van der Waals surface area contributed by atoms with Crippen LogP contribution in [0.4, 0.5) is 0 Å². The highest BCUT2D eigenvalue weighted by molar-refractivity contribution is 7.09.